The second kappa shape index (κ2) is 5.06. The van der Waals surface area contributed by atoms with Gasteiger partial charge < -0.3 is 5.32 Å². The third-order valence-electron chi connectivity index (χ3n) is 2.71. The van der Waals surface area contributed by atoms with Gasteiger partial charge >= 0.3 is 0 Å². The van der Waals surface area contributed by atoms with E-state index in [0.717, 1.165) is 5.56 Å². The van der Waals surface area contributed by atoms with Gasteiger partial charge in [-0.25, -0.2) is 8.78 Å². The number of nitrogens with one attached hydrogen (secondary N) is 1. The molecule has 2 aromatic rings. The van der Waals surface area contributed by atoms with Crippen LogP contribution in [0.2, 0.25) is 0 Å². The van der Waals surface area contributed by atoms with E-state index in [4.69, 9.17) is 0 Å². The molecule has 0 saturated heterocycles. The summed E-state index contributed by atoms with van der Waals surface area (Å²) in [7, 11) is 1.68. The van der Waals surface area contributed by atoms with Gasteiger partial charge in [-0.15, -0.1) is 0 Å². The van der Waals surface area contributed by atoms with Crippen LogP contribution in [0, 0.1) is 11.6 Å². The largest absolute Gasteiger partial charge is 0.309 e. The van der Waals surface area contributed by atoms with Crippen molar-refractivity contribution in [2.75, 3.05) is 7.05 Å². The molecule has 1 nitrogen and oxygen atoms in total. The number of rotatable bonds is 3. The van der Waals surface area contributed by atoms with Gasteiger partial charge in [0.05, 0.1) is 6.04 Å². The molecular formula is C14H13F2N. The van der Waals surface area contributed by atoms with Crippen LogP contribution in [0.3, 0.4) is 0 Å². The summed E-state index contributed by atoms with van der Waals surface area (Å²) >= 11 is 0. The van der Waals surface area contributed by atoms with E-state index in [-0.39, 0.29) is 5.56 Å². The van der Waals surface area contributed by atoms with Crippen molar-refractivity contribution in [2.45, 2.75) is 6.04 Å². The fourth-order valence-electron chi connectivity index (χ4n) is 1.91. The first-order valence-electron chi connectivity index (χ1n) is 5.40. The second-order valence-electron chi connectivity index (χ2n) is 3.77. The highest BCUT2D eigenvalue weighted by molar-refractivity contribution is 5.33. The van der Waals surface area contributed by atoms with Crippen molar-refractivity contribution in [1.82, 2.24) is 5.32 Å². The quantitative estimate of drug-likeness (QED) is 0.857. The third kappa shape index (κ3) is 2.34. The SMILES string of the molecule is CNC(c1ccccc1)c1c(F)cccc1F. The minimum absolute atomic E-state index is 0.0567. The first-order valence-corrected chi connectivity index (χ1v) is 5.40. The summed E-state index contributed by atoms with van der Waals surface area (Å²) in [5.41, 5.74) is 0.889. The maximum atomic E-state index is 13.7. The summed E-state index contributed by atoms with van der Waals surface area (Å²) in [5, 5.41) is 2.94. The van der Waals surface area contributed by atoms with Crippen LogP contribution in [0.15, 0.2) is 48.5 Å². The molecular weight excluding hydrogens is 220 g/mol. The van der Waals surface area contributed by atoms with Gasteiger partial charge in [0.15, 0.2) is 0 Å². The maximum Gasteiger partial charge on any atom is 0.131 e. The summed E-state index contributed by atoms with van der Waals surface area (Å²) in [5.74, 6) is -1.07. The Morgan fingerprint density at radius 1 is 0.882 bits per heavy atom. The fourth-order valence-corrected chi connectivity index (χ4v) is 1.91. The van der Waals surface area contributed by atoms with Gasteiger partial charge in [-0.05, 0) is 24.7 Å². The lowest BCUT2D eigenvalue weighted by molar-refractivity contribution is 0.522. The van der Waals surface area contributed by atoms with Crippen LogP contribution in [0.5, 0.6) is 0 Å². The Morgan fingerprint density at radius 3 is 2.00 bits per heavy atom. The molecule has 0 aliphatic heterocycles. The Hall–Kier alpha value is -1.74. The van der Waals surface area contributed by atoms with E-state index in [9.17, 15) is 8.78 Å². The Balaban J connectivity index is 2.50. The highest BCUT2D eigenvalue weighted by Crippen LogP contribution is 2.26. The van der Waals surface area contributed by atoms with E-state index in [1.165, 1.54) is 18.2 Å². The molecule has 17 heavy (non-hydrogen) atoms. The van der Waals surface area contributed by atoms with E-state index >= 15 is 0 Å². The molecule has 2 rings (SSSR count). The lowest BCUT2D eigenvalue weighted by Gasteiger charge is -2.18. The molecule has 1 N–H and O–H groups in total. The second-order valence-corrected chi connectivity index (χ2v) is 3.77. The summed E-state index contributed by atoms with van der Waals surface area (Å²) in [6, 6.07) is 12.7. The molecule has 0 heterocycles. The van der Waals surface area contributed by atoms with Crippen molar-refractivity contribution >= 4 is 0 Å². The minimum Gasteiger partial charge on any atom is -0.309 e. The Bertz CT molecular complexity index is 477. The number of benzene rings is 2. The molecule has 3 heteroatoms. The van der Waals surface area contributed by atoms with Crippen molar-refractivity contribution in [1.29, 1.82) is 0 Å². The average molecular weight is 233 g/mol. The van der Waals surface area contributed by atoms with Crippen LogP contribution in [0.1, 0.15) is 17.2 Å². The molecule has 0 amide bonds. The van der Waals surface area contributed by atoms with Crippen LogP contribution in [-0.4, -0.2) is 7.05 Å². The molecule has 88 valence electrons. The van der Waals surface area contributed by atoms with Crippen LogP contribution in [0.4, 0.5) is 8.78 Å². The van der Waals surface area contributed by atoms with Crippen LogP contribution >= 0.6 is 0 Å². The van der Waals surface area contributed by atoms with Gasteiger partial charge in [0.25, 0.3) is 0 Å². The van der Waals surface area contributed by atoms with Gasteiger partial charge in [0.2, 0.25) is 0 Å². The van der Waals surface area contributed by atoms with Crippen LogP contribution in [-0.2, 0) is 0 Å². The smallest absolute Gasteiger partial charge is 0.131 e. The van der Waals surface area contributed by atoms with Crippen molar-refractivity contribution in [2.24, 2.45) is 0 Å². The number of hydrogen-bond donors (Lipinski definition) is 1. The molecule has 0 aliphatic rings. The molecule has 0 aromatic heterocycles. The third-order valence-corrected chi connectivity index (χ3v) is 2.71. The molecule has 2 aromatic carbocycles. The van der Waals surface area contributed by atoms with Crippen molar-refractivity contribution in [3.63, 3.8) is 0 Å². The van der Waals surface area contributed by atoms with E-state index in [1.807, 2.05) is 30.3 Å². The minimum atomic E-state index is -0.534. The average Bonchev–Trinajstić information content (AvgIpc) is 2.35. The number of hydrogen-bond acceptors (Lipinski definition) is 1. The molecule has 0 aliphatic carbocycles. The Labute approximate surface area is 99.1 Å². The zero-order valence-electron chi connectivity index (χ0n) is 9.45. The highest BCUT2D eigenvalue weighted by atomic mass is 19.1. The molecule has 0 fully saturated rings. The maximum absolute atomic E-state index is 13.7. The Morgan fingerprint density at radius 2 is 1.47 bits per heavy atom. The Kier molecular flexibility index (Phi) is 3.49. The van der Waals surface area contributed by atoms with Crippen molar-refractivity contribution < 1.29 is 8.78 Å². The zero-order chi connectivity index (χ0) is 12.3. The predicted molar refractivity (Wildman–Crippen MR) is 63.7 cm³/mol. The van der Waals surface area contributed by atoms with Crippen molar-refractivity contribution in [3.05, 3.63) is 71.3 Å². The fraction of sp³-hybridized carbons (Fsp3) is 0.143. The summed E-state index contributed by atoms with van der Waals surface area (Å²) < 4.78 is 27.4. The molecule has 0 spiro atoms. The van der Waals surface area contributed by atoms with Gasteiger partial charge in [-0.3, -0.25) is 0 Å². The molecule has 1 atom stereocenters. The van der Waals surface area contributed by atoms with Gasteiger partial charge in [0.1, 0.15) is 11.6 Å². The standard InChI is InChI=1S/C14H13F2N/c1-17-14(10-6-3-2-4-7-10)13-11(15)8-5-9-12(13)16/h2-9,14,17H,1H3. The zero-order valence-corrected chi connectivity index (χ0v) is 9.45. The van der Waals surface area contributed by atoms with E-state index in [1.54, 1.807) is 7.05 Å². The molecule has 0 radical (unpaired) electrons. The molecule has 0 saturated carbocycles. The van der Waals surface area contributed by atoms with E-state index < -0.39 is 17.7 Å². The molecule has 0 bridgehead atoms. The predicted octanol–water partition coefficient (Wildman–Crippen LogP) is 3.27. The summed E-state index contributed by atoms with van der Waals surface area (Å²) in [6.07, 6.45) is 0. The van der Waals surface area contributed by atoms with Crippen LogP contribution < -0.4 is 5.32 Å². The first kappa shape index (κ1) is 11.7. The first-order chi connectivity index (χ1) is 8.24. The normalized spacial score (nSPS) is 12.4. The lowest BCUT2D eigenvalue weighted by Crippen LogP contribution is -2.20. The number of halogens is 2. The lowest BCUT2D eigenvalue weighted by atomic mass is 9.98. The van der Waals surface area contributed by atoms with E-state index in [2.05, 4.69) is 5.32 Å². The van der Waals surface area contributed by atoms with E-state index in [0.29, 0.717) is 0 Å². The molecule has 1 unspecified atom stereocenters. The van der Waals surface area contributed by atoms with Crippen LogP contribution in [0.25, 0.3) is 0 Å². The van der Waals surface area contributed by atoms with Gasteiger partial charge in [-0.2, -0.15) is 0 Å². The monoisotopic (exact) mass is 233 g/mol. The summed E-state index contributed by atoms with van der Waals surface area (Å²) in [6.45, 7) is 0. The highest BCUT2D eigenvalue weighted by Gasteiger charge is 2.19. The summed E-state index contributed by atoms with van der Waals surface area (Å²) in [4.78, 5) is 0. The topological polar surface area (TPSA) is 12.0 Å². The van der Waals surface area contributed by atoms with Gasteiger partial charge in [0, 0.05) is 5.56 Å². The van der Waals surface area contributed by atoms with Gasteiger partial charge in [-0.1, -0.05) is 36.4 Å². The van der Waals surface area contributed by atoms with Crippen molar-refractivity contribution in [3.8, 4) is 0 Å².